The van der Waals surface area contributed by atoms with Crippen molar-refractivity contribution in [1.29, 1.82) is 0 Å². The number of rotatable bonds is 3. The third kappa shape index (κ3) is 2.32. The summed E-state index contributed by atoms with van der Waals surface area (Å²) in [5.41, 5.74) is 1.00. The monoisotopic (exact) mass is 210 g/mol. The van der Waals surface area contributed by atoms with Gasteiger partial charge < -0.3 is 5.32 Å². The quantitative estimate of drug-likeness (QED) is 0.787. The van der Waals surface area contributed by atoms with Crippen LogP contribution < -0.4 is 5.32 Å². The molecule has 1 atom stereocenters. The Labute approximate surface area is 95.7 Å². The number of pyridine rings is 1. The van der Waals surface area contributed by atoms with E-state index < -0.39 is 0 Å². The second kappa shape index (κ2) is 4.67. The van der Waals surface area contributed by atoms with E-state index in [9.17, 15) is 0 Å². The summed E-state index contributed by atoms with van der Waals surface area (Å²) in [7, 11) is 0. The normalized spacial score (nSPS) is 12.0. The SMILES string of the molecule is C#CCC(C)Nc1ccc2ccccc2n1. The highest BCUT2D eigenvalue weighted by Gasteiger charge is 2.01. The van der Waals surface area contributed by atoms with Gasteiger partial charge in [-0.15, -0.1) is 12.3 Å². The molecule has 0 aliphatic heterocycles. The molecular formula is C14H14N2. The zero-order valence-electron chi connectivity index (χ0n) is 9.27. The van der Waals surface area contributed by atoms with Gasteiger partial charge in [-0.05, 0) is 25.1 Å². The van der Waals surface area contributed by atoms with Crippen molar-refractivity contribution in [2.45, 2.75) is 19.4 Å². The highest BCUT2D eigenvalue weighted by molar-refractivity contribution is 5.80. The first-order chi connectivity index (χ1) is 7.79. The fourth-order valence-corrected chi connectivity index (χ4v) is 1.63. The summed E-state index contributed by atoms with van der Waals surface area (Å²) < 4.78 is 0. The van der Waals surface area contributed by atoms with Crippen molar-refractivity contribution < 1.29 is 0 Å². The highest BCUT2D eigenvalue weighted by Crippen LogP contribution is 2.15. The molecule has 2 aromatic rings. The second-order valence-electron chi connectivity index (χ2n) is 3.84. The molecule has 0 amide bonds. The second-order valence-corrected chi connectivity index (χ2v) is 3.84. The fraction of sp³-hybridized carbons (Fsp3) is 0.214. The van der Waals surface area contributed by atoms with Crippen LogP contribution in [0.3, 0.4) is 0 Å². The highest BCUT2D eigenvalue weighted by atomic mass is 15.0. The largest absolute Gasteiger partial charge is 0.367 e. The first kappa shape index (κ1) is 10.5. The third-order valence-corrected chi connectivity index (χ3v) is 2.42. The van der Waals surface area contributed by atoms with E-state index in [2.05, 4.69) is 35.3 Å². The molecule has 0 spiro atoms. The summed E-state index contributed by atoms with van der Waals surface area (Å²) in [6.45, 7) is 2.05. The Hall–Kier alpha value is -2.01. The summed E-state index contributed by atoms with van der Waals surface area (Å²) in [6.07, 6.45) is 5.97. The molecule has 2 rings (SSSR count). The van der Waals surface area contributed by atoms with Gasteiger partial charge in [-0.1, -0.05) is 18.2 Å². The molecule has 1 N–H and O–H groups in total. The maximum atomic E-state index is 5.26. The minimum absolute atomic E-state index is 0.249. The van der Waals surface area contributed by atoms with Crippen molar-refractivity contribution in [3.63, 3.8) is 0 Å². The fourth-order valence-electron chi connectivity index (χ4n) is 1.63. The van der Waals surface area contributed by atoms with E-state index in [-0.39, 0.29) is 6.04 Å². The average molecular weight is 210 g/mol. The molecule has 1 aromatic heterocycles. The summed E-state index contributed by atoms with van der Waals surface area (Å²) in [5.74, 6) is 3.51. The summed E-state index contributed by atoms with van der Waals surface area (Å²) in [4.78, 5) is 4.52. The van der Waals surface area contributed by atoms with Crippen molar-refractivity contribution >= 4 is 16.7 Å². The van der Waals surface area contributed by atoms with Crippen LogP contribution in [0.5, 0.6) is 0 Å². The van der Waals surface area contributed by atoms with Gasteiger partial charge in [-0.2, -0.15) is 0 Å². The van der Waals surface area contributed by atoms with Crippen LogP contribution in [0.2, 0.25) is 0 Å². The van der Waals surface area contributed by atoms with Gasteiger partial charge >= 0.3 is 0 Å². The lowest BCUT2D eigenvalue weighted by atomic mass is 10.2. The van der Waals surface area contributed by atoms with Crippen LogP contribution in [0, 0.1) is 12.3 Å². The van der Waals surface area contributed by atoms with Crippen LogP contribution >= 0.6 is 0 Å². The van der Waals surface area contributed by atoms with E-state index in [1.54, 1.807) is 0 Å². The topological polar surface area (TPSA) is 24.9 Å². The minimum atomic E-state index is 0.249. The number of fused-ring (bicyclic) bond motifs is 1. The number of hydrogen-bond acceptors (Lipinski definition) is 2. The first-order valence-electron chi connectivity index (χ1n) is 5.35. The van der Waals surface area contributed by atoms with Gasteiger partial charge in [-0.3, -0.25) is 0 Å². The number of benzene rings is 1. The Morgan fingerprint density at radius 1 is 1.31 bits per heavy atom. The van der Waals surface area contributed by atoms with Crippen LogP contribution in [-0.4, -0.2) is 11.0 Å². The smallest absolute Gasteiger partial charge is 0.126 e. The molecule has 1 unspecified atom stereocenters. The number of nitrogens with zero attached hydrogens (tertiary/aromatic N) is 1. The zero-order chi connectivity index (χ0) is 11.4. The van der Waals surface area contributed by atoms with Gasteiger partial charge in [0.05, 0.1) is 5.52 Å². The number of para-hydroxylation sites is 1. The van der Waals surface area contributed by atoms with E-state index in [0.29, 0.717) is 6.42 Å². The lowest BCUT2D eigenvalue weighted by Gasteiger charge is -2.11. The first-order valence-corrected chi connectivity index (χ1v) is 5.35. The van der Waals surface area contributed by atoms with Crippen LogP contribution in [0.4, 0.5) is 5.82 Å². The van der Waals surface area contributed by atoms with E-state index >= 15 is 0 Å². The lowest BCUT2D eigenvalue weighted by Crippen LogP contribution is -2.14. The van der Waals surface area contributed by atoms with Gasteiger partial charge in [0.2, 0.25) is 0 Å². The maximum absolute atomic E-state index is 5.26. The molecule has 0 saturated carbocycles. The van der Waals surface area contributed by atoms with E-state index in [1.165, 1.54) is 0 Å². The summed E-state index contributed by atoms with van der Waals surface area (Å²) in [5, 5.41) is 4.43. The van der Waals surface area contributed by atoms with Gasteiger partial charge in [0.25, 0.3) is 0 Å². The molecule has 1 aromatic carbocycles. The van der Waals surface area contributed by atoms with Gasteiger partial charge in [0.15, 0.2) is 0 Å². The molecule has 0 aliphatic rings. The van der Waals surface area contributed by atoms with Crippen molar-refractivity contribution in [3.8, 4) is 12.3 Å². The molecule has 0 radical (unpaired) electrons. The number of anilines is 1. The van der Waals surface area contributed by atoms with E-state index in [1.807, 2.05) is 24.3 Å². The number of terminal acetylenes is 1. The van der Waals surface area contributed by atoms with Crippen LogP contribution in [0.15, 0.2) is 36.4 Å². The molecular weight excluding hydrogens is 196 g/mol. The van der Waals surface area contributed by atoms with Crippen molar-refractivity contribution in [3.05, 3.63) is 36.4 Å². The molecule has 2 heteroatoms. The third-order valence-electron chi connectivity index (χ3n) is 2.42. The Morgan fingerprint density at radius 2 is 2.12 bits per heavy atom. The van der Waals surface area contributed by atoms with Crippen molar-refractivity contribution in [1.82, 2.24) is 4.98 Å². The molecule has 80 valence electrons. The minimum Gasteiger partial charge on any atom is -0.367 e. The molecule has 0 fully saturated rings. The Balaban J connectivity index is 2.23. The van der Waals surface area contributed by atoms with Crippen molar-refractivity contribution in [2.24, 2.45) is 0 Å². The molecule has 0 aliphatic carbocycles. The van der Waals surface area contributed by atoms with Crippen LogP contribution in [0.25, 0.3) is 10.9 Å². The Bertz CT molecular complexity index is 525. The van der Waals surface area contributed by atoms with Crippen molar-refractivity contribution in [2.75, 3.05) is 5.32 Å². The zero-order valence-corrected chi connectivity index (χ0v) is 9.27. The molecule has 1 heterocycles. The maximum Gasteiger partial charge on any atom is 0.126 e. The summed E-state index contributed by atoms with van der Waals surface area (Å²) >= 11 is 0. The molecule has 16 heavy (non-hydrogen) atoms. The molecule has 0 saturated heterocycles. The van der Waals surface area contributed by atoms with E-state index in [4.69, 9.17) is 6.42 Å². The lowest BCUT2D eigenvalue weighted by molar-refractivity contribution is 0.823. The van der Waals surface area contributed by atoms with Gasteiger partial charge in [0, 0.05) is 17.8 Å². The van der Waals surface area contributed by atoms with Crippen LogP contribution in [-0.2, 0) is 0 Å². The number of hydrogen-bond donors (Lipinski definition) is 1. The predicted octanol–water partition coefficient (Wildman–Crippen LogP) is 3.06. The number of aromatic nitrogens is 1. The average Bonchev–Trinajstić information content (AvgIpc) is 2.29. The van der Waals surface area contributed by atoms with Gasteiger partial charge in [0.1, 0.15) is 5.82 Å². The number of nitrogens with one attached hydrogen (secondary N) is 1. The molecule has 2 nitrogen and oxygen atoms in total. The molecule has 0 bridgehead atoms. The standard InChI is InChI=1S/C14H14N2/c1-3-6-11(2)15-14-10-9-12-7-4-5-8-13(12)16-14/h1,4-5,7-11H,6H2,2H3,(H,15,16). The Morgan fingerprint density at radius 3 is 2.94 bits per heavy atom. The van der Waals surface area contributed by atoms with E-state index in [0.717, 1.165) is 16.7 Å². The van der Waals surface area contributed by atoms with Crippen LogP contribution in [0.1, 0.15) is 13.3 Å². The predicted molar refractivity (Wildman–Crippen MR) is 68.3 cm³/mol. The van der Waals surface area contributed by atoms with Gasteiger partial charge in [-0.25, -0.2) is 4.98 Å². The summed E-state index contributed by atoms with van der Waals surface area (Å²) in [6, 6.07) is 12.4. The Kier molecular flexibility index (Phi) is 3.07.